The topological polar surface area (TPSA) is 17.1 Å². The first-order valence-electron chi connectivity index (χ1n) is 6.42. The van der Waals surface area contributed by atoms with Gasteiger partial charge in [0, 0.05) is 11.5 Å². The van der Waals surface area contributed by atoms with Gasteiger partial charge in [0.2, 0.25) is 0 Å². The normalized spacial score (nSPS) is 14.2. The van der Waals surface area contributed by atoms with Gasteiger partial charge in [0.15, 0.2) is 5.78 Å². The molecule has 0 spiro atoms. The van der Waals surface area contributed by atoms with Crippen LogP contribution in [0.3, 0.4) is 0 Å². The van der Waals surface area contributed by atoms with E-state index in [1.54, 1.807) is 0 Å². The number of Topliss-reactive ketones (excluding diaryl/α,β-unsaturated/α-hetero) is 1. The third kappa shape index (κ3) is 2.04. The van der Waals surface area contributed by atoms with Gasteiger partial charge >= 0.3 is 0 Å². The Kier molecular flexibility index (Phi) is 3.42. The van der Waals surface area contributed by atoms with Crippen LogP contribution in [0.25, 0.3) is 0 Å². The average molecular weight is 216 g/mol. The zero-order valence-electron chi connectivity index (χ0n) is 10.3. The van der Waals surface area contributed by atoms with E-state index in [1.165, 1.54) is 24.0 Å². The van der Waals surface area contributed by atoms with E-state index in [9.17, 15) is 4.79 Å². The number of benzene rings is 1. The fraction of sp³-hybridized carbons (Fsp3) is 0.533. The van der Waals surface area contributed by atoms with Crippen LogP contribution in [0, 0.1) is 5.92 Å². The van der Waals surface area contributed by atoms with E-state index in [2.05, 4.69) is 26.0 Å². The average Bonchev–Trinajstić information content (AvgIpc) is 2.77. The molecule has 1 heteroatoms. The molecular weight excluding hydrogens is 196 g/mol. The van der Waals surface area contributed by atoms with Crippen molar-refractivity contribution in [3.05, 3.63) is 34.9 Å². The first-order valence-corrected chi connectivity index (χ1v) is 6.42. The Labute approximate surface area is 97.9 Å². The Bertz CT molecular complexity index is 388. The summed E-state index contributed by atoms with van der Waals surface area (Å²) in [6.07, 6.45) is 5.49. The first kappa shape index (κ1) is 11.4. The summed E-state index contributed by atoms with van der Waals surface area (Å²) in [6, 6.07) is 6.30. The molecule has 0 aromatic heterocycles. The minimum Gasteiger partial charge on any atom is -0.294 e. The van der Waals surface area contributed by atoms with Crippen molar-refractivity contribution in [2.75, 3.05) is 0 Å². The molecule has 0 amide bonds. The summed E-state index contributed by atoms with van der Waals surface area (Å²) in [6.45, 7) is 4.19. The molecule has 1 nitrogen and oxygen atoms in total. The number of hydrogen-bond donors (Lipinski definition) is 0. The molecule has 0 radical (unpaired) electrons. The second kappa shape index (κ2) is 4.82. The van der Waals surface area contributed by atoms with Gasteiger partial charge in [-0.05, 0) is 49.3 Å². The summed E-state index contributed by atoms with van der Waals surface area (Å²) in [7, 11) is 0. The zero-order chi connectivity index (χ0) is 11.5. The Morgan fingerprint density at radius 3 is 2.56 bits per heavy atom. The monoisotopic (exact) mass is 216 g/mol. The molecule has 86 valence electrons. The zero-order valence-corrected chi connectivity index (χ0v) is 10.3. The molecule has 0 N–H and O–H groups in total. The highest BCUT2D eigenvalue weighted by atomic mass is 16.1. The van der Waals surface area contributed by atoms with Gasteiger partial charge in [-0.2, -0.15) is 0 Å². The van der Waals surface area contributed by atoms with Gasteiger partial charge in [0.25, 0.3) is 0 Å². The number of carbonyl (C=O) groups is 1. The third-order valence-electron chi connectivity index (χ3n) is 3.74. The Balaban J connectivity index is 2.24. The highest BCUT2D eigenvalue weighted by Crippen LogP contribution is 2.25. The van der Waals surface area contributed by atoms with Crippen molar-refractivity contribution in [1.29, 1.82) is 0 Å². The van der Waals surface area contributed by atoms with E-state index in [0.717, 1.165) is 24.8 Å². The summed E-state index contributed by atoms with van der Waals surface area (Å²) < 4.78 is 0. The van der Waals surface area contributed by atoms with Crippen molar-refractivity contribution < 1.29 is 4.79 Å². The van der Waals surface area contributed by atoms with Crippen LogP contribution in [-0.4, -0.2) is 5.78 Å². The fourth-order valence-electron chi connectivity index (χ4n) is 2.62. The maximum Gasteiger partial charge on any atom is 0.165 e. The molecule has 1 aromatic carbocycles. The van der Waals surface area contributed by atoms with Crippen LogP contribution in [-0.2, 0) is 12.8 Å². The molecule has 0 bridgehead atoms. The van der Waals surface area contributed by atoms with Crippen LogP contribution in [0.1, 0.15) is 54.6 Å². The van der Waals surface area contributed by atoms with E-state index in [4.69, 9.17) is 0 Å². The minimum absolute atomic E-state index is 0.208. The number of fused-ring (bicyclic) bond motifs is 1. The lowest BCUT2D eigenvalue weighted by Gasteiger charge is -2.11. The van der Waals surface area contributed by atoms with Crippen LogP contribution in [0.4, 0.5) is 0 Å². The lowest BCUT2D eigenvalue weighted by molar-refractivity contribution is 0.0913. The van der Waals surface area contributed by atoms with Crippen LogP contribution in [0.2, 0.25) is 0 Å². The quantitative estimate of drug-likeness (QED) is 0.700. The number of rotatable bonds is 4. The van der Waals surface area contributed by atoms with Gasteiger partial charge in [-0.1, -0.05) is 26.0 Å². The van der Waals surface area contributed by atoms with Crippen molar-refractivity contribution >= 4 is 5.78 Å². The molecule has 0 fully saturated rings. The van der Waals surface area contributed by atoms with E-state index in [-0.39, 0.29) is 5.92 Å². The maximum absolute atomic E-state index is 12.2. The highest BCUT2D eigenvalue weighted by molar-refractivity contribution is 5.98. The van der Waals surface area contributed by atoms with Crippen molar-refractivity contribution in [3.63, 3.8) is 0 Å². The molecule has 1 aliphatic carbocycles. The summed E-state index contributed by atoms with van der Waals surface area (Å²) in [5.74, 6) is 0.541. The van der Waals surface area contributed by atoms with Gasteiger partial charge in [-0.3, -0.25) is 4.79 Å². The molecule has 1 aliphatic rings. The second-order valence-corrected chi connectivity index (χ2v) is 4.71. The number of hydrogen-bond acceptors (Lipinski definition) is 1. The van der Waals surface area contributed by atoms with E-state index in [0.29, 0.717) is 5.78 Å². The van der Waals surface area contributed by atoms with Gasteiger partial charge in [-0.25, -0.2) is 0 Å². The van der Waals surface area contributed by atoms with Gasteiger partial charge in [0.1, 0.15) is 0 Å². The van der Waals surface area contributed by atoms with Crippen molar-refractivity contribution in [2.24, 2.45) is 5.92 Å². The van der Waals surface area contributed by atoms with Crippen LogP contribution in [0.15, 0.2) is 18.2 Å². The molecule has 0 unspecified atom stereocenters. The Morgan fingerprint density at radius 2 is 1.88 bits per heavy atom. The van der Waals surface area contributed by atoms with Crippen molar-refractivity contribution in [3.8, 4) is 0 Å². The summed E-state index contributed by atoms with van der Waals surface area (Å²) in [4.78, 5) is 12.2. The van der Waals surface area contributed by atoms with E-state index < -0.39 is 0 Å². The molecule has 16 heavy (non-hydrogen) atoms. The summed E-state index contributed by atoms with van der Waals surface area (Å²) in [5.41, 5.74) is 3.77. The number of carbonyl (C=O) groups excluding carboxylic acids is 1. The largest absolute Gasteiger partial charge is 0.294 e. The molecule has 0 aliphatic heterocycles. The fourth-order valence-corrected chi connectivity index (χ4v) is 2.62. The lowest BCUT2D eigenvalue weighted by Crippen LogP contribution is -2.13. The van der Waals surface area contributed by atoms with Gasteiger partial charge in [-0.15, -0.1) is 0 Å². The molecular formula is C15H20O. The molecule has 0 atom stereocenters. The number of ketones is 1. The van der Waals surface area contributed by atoms with Crippen LogP contribution >= 0.6 is 0 Å². The molecule has 0 heterocycles. The van der Waals surface area contributed by atoms with Crippen LogP contribution < -0.4 is 0 Å². The molecule has 1 aromatic rings. The molecule has 0 saturated carbocycles. The Hall–Kier alpha value is -1.11. The van der Waals surface area contributed by atoms with Crippen molar-refractivity contribution in [2.45, 2.75) is 46.0 Å². The second-order valence-electron chi connectivity index (χ2n) is 4.71. The van der Waals surface area contributed by atoms with Crippen LogP contribution in [0.5, 0.6) is 0 Å². The summed E-state index contributed by atoms with van der Waals surface area (Å²) in [5, 5.41) is 0. The molecule has 2 rings (SSSR count). The highest BCUT2D eigenvalue weighted by Gasteiger charge is 2.18. The Morgan fingerprint density at radius 1 is 1.19 bits per heavy atom. The first-order chi connectivity index (χ1) is 7.76. The van der Waals surface area contributed by atoms with Gasteiger partial charge < -0.3 is 0 Å². The maximum atomic E-state index is 12.2. The third-order valence-corrected chi connectivity index (χ3v) is 3.74. The SMILES string of the molecule is CCC(CC)C(=O)c1ccc2c(c1)CCC2. The smallest absolute Gasteiger partial charge is 0.165 e. The predicted octanol–water partition coefficient (Wildman–Crippen LogP) is 3.79. The molecule has 0 saturated heterocycles. The predicted molar refractivity (Wildman–Crippen MR) is 66.9 cm³/mol. The number of aryl methyl sites for hydroxylation is 2. The van der Waals surface area contributed by atoms with Gasteiger partial charge in [0.05, 0.1) is 0 Å². The van der Waals surface area contributed by atoms with E-state index in [1.807, 2.05) is 6.07 Å². The summed E-state index contributed by atoms with van der Waals surface area (Å²) >= 11 is 0. The van der Waals surface area contributed by atoms with Crippen molar-refractivity contribution in [1.82, 2.24) is 0 Å². The van der Waals surface area contributed by atoms with E-state index >= 15 is 0 Å². The standard InChI is InChI=1S/C15H20O/c1-3-11(4-2)15(16)14-9-8-12-6-5-7-13(12)10-14/h8-11H,3-7H2,1-2H3. The lowest BCUT2D eigenvalue weighted by atomic mass is 9.91. The minimum atomic E-state index is 0.208.